The Hall–Kier alpha value is -4.57. The summed E-state index contributed by atoms with van der Waals surface area (Å²) < 4.78 is 5.24. The number of nitriles is 1. The molecule has 0 aliphatic carbocycles. The van der Waals surface area contributed by atoms with Gasteiger partial charge in [-0.3, -0.25) is 4.79 Å². The van der Waals surface area contributed by atoms with E-state index in [1.54, 1.807) is 24.3 Å². The van der Waals surface area contributed by atoms with Crippen molar-refractivity contribution in [3.8, 4) is 6.07 Å². The van der Waals surface area contributed by atoms with Gasteiger partial charge in [0.05, 0.1) is 17.9 Å². The van der Waals surface area contributed by atoms with E-state index in [0.717, 1.165) is 24.2 Å². The van der Waals surface area contributed by atoms with E-state index < -0.39 is 11.9 Å². The first-order chi connectivity index (χ1) is 16.6. The number of amides is 1. The van der Waals surface area contributed by atoms with Gasteiger partial charge in [-0.25, -0.2) is 4.79 Å². The molecule has 0 spiro atoms. The van der Waals surface area contributed by atoms with Crippen molar-refractivity contribution >= 4 is 34.6 Å². The predicted octanol–water partition coefficient (Wildman–Crippen LogP) is 5.85. The number of carbonyl (C=O) groups is 2. The summed E-state index contributed by atoms with van der Waals surface area (Å²) in [5.74, 6) is -1.15. The molecule has 0 aromatic heterocycles. The Morgan fingerprint density at radius 1 is 0.912 bits per heavy atom. The summed E-state index contributed by atoms with van der Waals surface area (Å²) >= 11 is 0. The SMILES string of the molecule is CCCCOC(=O)c1ccccc1NC(=O)/C(C#N)=C\Nc1ccc(Nc2ccccc2)cc1. The molecule has 0 aliphatic rings. The van der Waals surface area contributed by atoms with Gasteiger partial charge in [-0.1, -0.05) is 43.7 Å². The average Bonchev–Trinajstić information content (AvgIpc) is 2.86. The Labute approximate surface area is 199 Å². The van der Waals surface area contributed by atoms with Crippen LogP contribution in [0.15, 0.2) is 90.6 Å². The average molecular weight is 455 g/mol. The molecule has 3 rings (SSSR count). The second-order valence-corrected chi connectivity index (χ2v) is 7.37. The van der Waals surface area contributed by atoms with Gasteiger partial charge in [-0.05, 0) is 55.0 Å². The van der Waals surface area contributed by atoms with Crippen LogP contribution in [0.25, 0.3) is 0 Å². The monoisotopic (exact) mass is 454 g/mol. The Bertz CT molecular complexity index is 1180. The molecule has 0 radical (unpaired) electrons. The molecule has 7 heteroatoms. The number of rotatable bonds is 10. The van der Waals surface area contributed by atoms with Crippen LogP contribution >= 0.6 is 0 Å². The Morgan fingerprint density at radius 3 is 2.26 bits per heavy atom. The van der Waals surface area contributed by atoms with Crippen LogP contribution in [0, 0.1) is 11.3 Å². The lowest BCUT2D eigenvalue weighted by molar-refractivity contribution is -0.112. The molecule has 0 bridgehead atoms. The van der Waals surface area contributed by atoms with Gasteiger partial charge in [0, 0.05) is 23.3 Å². The van der Waals surface area contributed by atoms with E-state index >= 15 is 0 Å². The standard InChI is InChI=1S/C27H26N4O3/c1-2-3-17-34-27(33)24-11-7-8-12-25(24)31-26(32)20(18-28)19-29-21-13-15-23(16-14-21)30-22-9-5-4-6-10-22/h4-16,19,29-30H,2-3,17H2,1H3,(H,31,32)/b20-19-. The first-order valence-electron chi connectivity index (χ1n) is 11.0. The van der Waals surface area contributed by atoms with E-state index in [9.17, 15) is 14.9 Å². The fourth-order valence-corrected chi connectivity index (χ4v) is 2.99. The number of hydrogen-bond donors (Lipinski definition) is 3. The lowest BCUT2D eigenvalue weighted by Crippen LogP contribution is -2.17. The molecular weight excluding hydrogens is 428 g/mol. The molecule has 0 aliphatic heterocycles. The van der Waals surface area contributed by atoms with Gasteiger partial charge in [-0.15, -0.1) is 0 Å². The first-order valence-corrected chi connectivity index (χ1v) is 11.0. The lowest BCUT2D eigenvalue weighted by atomic mass is 10.1. The zero-order valence-corrected chi connectivity index (χ0v) is 18.9. The summed E-state index contributed by atoms with van der Waals surface area (Å²) in [5, 5.41) is 18.3. The van der Waals surface area contributed by atoms with Crippen molar-refractivity contribution in [2.24, 2.45) is 0 Å². The minimum atomic E-state index is -0.633. The van der Waals surface area contributed by atoms with Crippen molar-refractivity contribution in [1.82, 2.24) is 0 Å². The van der Waals surface area contributed by atoms with Gasteiger partial charge in [0.2, 0.25) is 0 Å². The molecule has 1 amide bonds. The minimum absolute atomic E-state index is 0.138. The predicted molar refractivity (Wildman–Crippen MR) is 134 cm³/mol. The lowest BCUT2D eigenvalue weighted by Gasteiger charge is -2.11. The van der Waals surface area contributed by atoms with E-state index in [1.165, 1.54) is 6.20 Å². The Kier molecular flexibility index (Phi) is 8.83. The quantitative estimate of drug-likeness (QED) is 0.154. The van der Waals surface area contributed by atoms with E-state index in [-0.39, 0.29) is 16.8 Å². The van der Waals surface area contributed by atoms with Crippen molar-refractivity contribution in [1.29, 1.82) is 5.26 Å². The zero-order chi connectivity index (χ0) is 24.2. The maximum absolute atomic E-state index is 12.7. The van der Waals surface area contributed by atoms with Crippen LogP contribution in [0.2, 0.25) is 0 Å². The Morgan fingerprint density at radius 2 is 1.56 bits per heavy atom. The number of esters is 1. The smallest absolute Gasteiger partial charge is 0.340 e. The number of ether oxygens (including phenoxy) is 1. The molecule has 0 heterocycles. The maximum atomic E-state index is 12.7. The number of carbonyl (C=O) groups excluding carboxylic acids is 2. The van der Waals surface area contributed by atoms with Crippen molar-refractivity contribution in [3.63, 3.8) is 0 Å². The van der Waals surface area contributed by atoms with Crippen LogP contribution < -0.4 is 16.0 Å². The van der Waals surface area contributed by atoms with Crippen LogP contribution in [0.4, 0.5) is 22.7 Å². The summed E-state index contributed by atoms with van der Waals surface area (Å²) in [4.78, 5) is 25.0. The fraction of sp³-hybridized carbons (Fsp3) is 0.148. The highest BCUT2D eigenvalue weighted by atomic mass is 16.5. The molecule has 0 fully saturated rings. The van der Waals surface area contributed by atoms with Crippen molar-refractivity contribution in [2.45, 2.75) is 19.8 Å². The molecule has 0 atom stereocenters. The number of nitrogens with one attached hydrogen (secondary N) is 3. The third-order valence-corrected chi connectivity index (χ3v) is 4.82. The maximum Gasteiger partial charge on any atom is 0.340 e. The number of para-hydroxylation sites is 2. The summed E-state index contributed by atoms with van der Waals surface area (Å²) in [7, 11) is 0. The third kappa shape index (κ3) is 6.97. The topological polar surface area (TPSA) is 103 Å². The van der Waals surface area contributed by atoms with Gasteiger partial charge in [0.15, 0.2) is 0 Å². The Balaban J connectivity index is 1.63. The number of anilines is 4. The van der Waals surface area contributed by atoms with Gasteiger partial charge in [0.1, 0.15) is 11.6 Å². The minimum Gasteiger partial charge on any atom is -0.462 e. The molecule has 0 saturated heterocycles. The summed E-state index contributed by atoms with van der Waals surface area (Å²) in [6.45, 7) is 2.31. The van der Waals surface area contributed by atoms with E-state index in [4.69, 9.17) is 4.74 Å². The van der Waals surface area contributed by atoms with Gasteiger partial charge in [-0.2, -0.15) is 5.26 Å². The molecule has 0 saturated carbocycles. The van der Waals surface area contributed by atoms with Crippen LogP contribution in [-0.2, 0) is 9.53 Å². The van der Waals surface area contributed by atoms with Gasteiger partial charge in [0.25, 0.3) is 5.91 Å². The van der Waals surface area contributed by atoms with Crippen LogP contribution in [0.3, 0.4) is 0 Å². The number of hydrogen-bond acceptors (Lipinski definition) is 6. The second-order valence-electron chi connectivity index (χ2n) is 7.37. The first kappa shape index (κ1) is 24.1. The molecule has 3 aromatic rings. The van der Waals surface area contributed by atoms with Gasteiger partial charge < -0.3 is 20.7 Å². The number of nitrogens with zero attached hydrogens (tertiary/aromatic N) is 1. The highest BCUT2D eigenvalue weighted by molar-refractivity contribution is 6.09. The number of unbranched alkanes of at least 4 members (excludes halogenated alkanes) is 1. The fourth-order valence-electron chi connectivity index (χ4n) is 2.99. The highest BCUT2D eigenvalue weighted by Gasteiger charge is 2.16. The van der Waals surface area contributed by atoms with E-state index in [1.807, 2.05) is 67.6 Å². The zero-order valence-electron chi connectivity index (χ0n) is 18.9. The molecule has 3 aromatic carbocycles. The van der Waals surface area contributed by atoms with Crippen molar-refractivity contribution < 1.29 is 14.3 Å². The molecule has 3 N–H and O–H groups in total. The molecule has 34 heavy (non-hydrogen) atoms. The third-order valence-electron chi connectivity index (χ3n) is 4.82. The van der Waals surface area contributed by atoms with E-state index in [0.29, 0.717) is 12.3 Å². The normalized spacial score (nSPS) is 10.6. The molecule has 172 valence electrons. The van der Waals surface area contributed by atoms with Gasteiger partial charge >= 0.3 is 5.97 Å². The summed E-state index contributed by atoms with van der Waals surface area (Å²) in [6, 6.07) is 25.6. The molecule has 0 unspecified atom stereocenters. The molecule has 7 nitrogen and oxygen atoms in total. The van der Waals surface area contributed by atoms with Crippen LogP contribution in [0.1, 0.15) is 30.1 Å². The van der Waals surface area contributed by atoms with Crippen molar-refractivity contribution in [2.75, 3.05) is 22.6 Å². The largest absolute Gasteiger partial charge is 0.462 e. The molecular formula is C27H26N4O3. The second kappa shape index (κ2) is 12.5. The summed E-state index contributed by atoms with van der Waals surface area (Å²) in [5.41, 5.74) is 2.97. The summed E-state index contributed by atoms with van der Waals surface area (Å²) in [6.07, 6.45) is 2.99. The van der Waals surface area contributed by atoms with E-state index in [2.05, 4.69) is 16.0 Å². The number of benzene rings is 3. The van der Waals surface area contributed by atoms with Crippen LogP contribution in [-0.4, -0.2) is 18.5 Å². The van der Waals surface area contributed by atoms with Crippen molar-refractivity contribution in [3.05, 3.63) is 96.2 Å². The van der Waals surface area contributed by atoms with Crippen LogP contribution in [0.5, 0.6) is 0 Å². The highest BCUT2D eigenvalue weighted by Crippen LogP contribution is 2.20.